The van der Waals surface area contributed by atoms with Gasteiger partial charge in [0.2, 0.25) is 5.91 Å². The molecule has 0 saturated carbocycles. The molecule has 140 valence electrons. The van der Waals surface area contributed by atoms with Gasteiger partial charge in [-0.15, -0.1) is 0 Å². The van der Waals surface area contributed by atoms with Crippen LogP contribution in [0, 0.1) is 10.1 Å². The number of amides is 1. The van der Waals surface area contributed by atoms with E-state index in [1.54, 1.807) is 20.1 Å². The van der Waals surface area contributed by atoms with Crippen LogP contribution in [0.15, 0.2) is 51.7 Å². The quantitative estimate of drug-likeness (QED) is 0.525. The maximum absolute atomic E-state index is 12.4. The van der Waals surface area contributed by atoms with Crippen LogP contribution in [-0.2, 0) is 11.3 Å². The lowest BCUT2D eigenvalue weighted by Crippen LogP contribution is -2.32. The molecule has 0 saturated heterocycles. The lowest BCUT2D eigenvalue weighted by atomic mass is 10.1. The van der Waals surface area contributed by atoms with E-state index in [-0.39, 0.29) is 23.9 Å². The molecule has 9 heteroatoms. The Balaban J connectivity index is 1.81. The van der Waals surface area contributed by atoms with Gasteiger partial charge in [-0.1, -0.05) is 18.2 Å². The molecule has 0 aliphatic heterocycles. The van der Waals surface area contributed by atoms with Gasteiger partial charge in [0.25, 0.3) is 5.69 Å². The molecule has 27 heavy (non-hydrogen) atoms. The summed E-state index contributed by atoms with van der Waals surface area (Å²) in [5.74, 6) is -0.523. The molecule has 1 heterocycles. The molecule has 1 N–H and O–H groups in total. The Bertz CT molecular complexity index is 1070. The van der Waals surface area contributed by atoms with Crippen LogP contribution in [-0.4, -0.2) is 22.5 Å². The second-order valence-electron chi connectivity index (χ2n) is 5.89. The topological polar surface area (TPSA) is 117 Å². The number of nitrogens with zero attached hydrogens (tertiary/aromatic N) is 2. The Kier molecular flexibility index (Phi) is 4.93. The van der Waals surface area contributed by atoms with Crippen LogP contribution in [0.3, 0.4) is 0 Å². The van der Waals surface area contributed by atoms with E-state index in [0.29, 0.717) is 11.3 Å². The zero-order chi connectivity index (χ0) is 19.6. The van der Waals surface area contributed by atoms with E-state index >= 15 is 0 Å². The molecule has 1 amide bonds. The molecule has 1 unspecified atom stereocenters. The molecule has 0 fully saturated rings. The minimum Gasteiger partial charge on any atom is -0.496 e. The Morgan fingerprint density at radius 3 is 2.78 bits per heavy atom. The number of methoxy groups -OCH3 is 1. The molecule has 0 spiro atoms. The lowest BCUT2D eigenvalue weighted by Gasteiger charge is -2.17. The van der Waals surface area contributed by atoms with Crippen molar-refractivity contribution in [1.82, 2.24) is 9.88 Å². The summed E-state index contributed by atoms with van der Waals surface area (Å²) in [6, 6.07) is 10.7. The third kappa shape index (κ3) is 3.66. The standard InChI is InChI=1S/C18H17N3O6/c1-11(13-5-3-4-6-15(13)26-2)19-17(22)10-20-14-8-7-12(21(24)25)9-16(14)27-18(20)23/h3-9,11H,10H2,1-2H3,(H,19,22). The number of nitro groups is 1. The van der Waals surface area contributed by atoms with Crippen LogP contribution in [0.5, 0.6) is 5.75 Å². The van der Waals surface area contributed by atoms with Crippen LogP contribution in [0.4, 0.5) is 5.69 Å². The minimum absolute atomic E-state index is 0.0553. The summed E-state index contributed by atoms with van der Waals surface area (Å²) in [6.45, 7) is 1.53. The van der Waals surface area contributed by atoms with Crippen LogP contribution in [0.25, 0.3) is 11.1 Å². The predicted octanol–water partition coefficient (Wildman–Crippen LogP) is 2.39. The normalized spacial score (nSPS) is 11.9. The van der Waals surface area contributed by atoms with Gasteiger partial charge in [0, 0.05) is 11.6 Å². The van der Waals surface area contributed by atoms with Crippen molar-refractivity contribution in [2.75, 3.05) is 7.11 Å². The first-order valence-corrected chi connectivity index (χ1v) is 8.10. The number of para-hydroxylation sites is 1. The van der Waals surface area contributed by atoms with Crippen molar-refractivity contribution in [3.05, 3.63) is 68.7 Å². The average Bonchev–Trinajstić information content (AvgIpc) is 2.96. The molecule has 1 aromatic heterocycles. The molecule has 1 atom stereocenters. The number of oxazole rings is 1. The number of rotatable bonds is 6. The fourth-order valence-electron chi connectivity index (χ4n) is 2.85. The molecule has 3 rings (SSSR count). The maximum Gasteiger partial charge on any atom is 0.420 e. The molecule has 9 nitrogen and oxygen atoms in total. The number of hydrogen-bond acceptors (Lipinski definition) is 6. The van der Waals surface area contributed by atoms with Crippen LogP contribution in [0.1, 0.15) is 18.5 Å². The van der Waals surface area contributed by atoms with Crippen molar-refractivity contribution in [1.29, 1.82) is 0 Å². The number of nitrogens with one attached hydrogen (secondary N) is 1. The second kappa shape index (κ2) is 7.32. The molecule has 2 aromatic carbocycles. The number of non-ortho nitro benzene ring substituents is 1. The molecule has 0 aliphatic rings. The Hall–Kier alpha value is -3.62. The van der Waals surface area contributed by atoms with Gasteiger partial charge in [0.05, 0.1) is 29.7 Å². The fourth-order valence-corrected chi connectivity index (χ4v) is 2.85. The second-order valence-corrected chi connectivity index (χ2v) is 5.89. The van der Waals surface area contributed by atoms with Crippen molar-refractivity contribution in [3.63, 3.8) is 0 Å². The van der Waals surface area contributed by atoms with E-state index in [4.69, 9.17) is 9.15 Å². The van der Waals surface area contributed by atoms with Gasteiger partial charge >= 0.3 is 5.76 Å². The number of carbonyl (C=O) groups excluding carboxylic acids is 1. The van der Waals surface area contributed by atoms with Crippen molar-refractivity contribution in [2.45, 2.75) is 19.5 Å². The van der Waals surface area contributed by atoms with Crippen molar-refractivity contribution < 1.29 is 18.9 Å². The van der Waals surface area contributed by atoms with E-state index in [1.165, 1.54) is 12.1 Å². The third-order valence-electron chi connectivity index (χ3n) is 4.15. The number of nitro benzene ring substituents is 1. The molecule has 0 aliphatic carbocycles. The Morgan fingerprint density at radius 2 is 2.07 bits per heavy atom. The molecule has 0 bridgehead atoms. The summed E-state index contributed by atoms with van der Waals surface area (Å²) in [5, 5.41) is 13.6. The third-order valence-corrected chi connectivity index (χ3v) is 4.15. The van der Waals surface area contributed by atoms with Crippen molar-refractivity contribution >= 4 is 22.7 Å². The zero-order valence-corrected chi connectivity index (χ0v) is 14.7. The highest BCUT2D eigenvalue weighted by Crippen LogP contribution is 2.24. The number of hydrogen-bond donors (Lipinski definition) is 1. The van der Waals surface area contributed by atoms with E-state index in [9.17, 15) is 19.7 Å². The fraction of sp³-hybridized carbons (Fsp3) is 0.222. The largest absolute Gasteiger partial charge is 0.496 e. The lowest BCUT2D eigenvalue weighted by molar-refractivity contribution is -0.384. The first-order valence-electron chi connectivity index (χ1n) is 8.10. The minimum atomic E-state index is -0.759. The van der Waals surface area contributed by atoms with Gasteiger partial charge in [-0.05, 0) is 19.1 Å². The van der Waals surface area contributed by atoms with E-state index in [1.807, 2.05) is 18.2 Å². The van der Waals surface area contributed by atoms with Crippen LogP contribution < -0.4 is 15.8 Å². The van der Waals surface area contributed by atoms with E-state index in [2.05, 4.69) is 5.32 Å². The highest BCUT2D eigenvalue weighted by atomic mass is 16.6. The smallest absolute Gasteiger partial charge is 0.420 e. The average molecular weight is 371 g/mol. The number of fused-ring (bicyclic) bond motifs is 1. The van der Waals surface area contributed by atoms with Gasteiger partial charge in [-0.25, -0.2) is 4.79 Å². The number of ether oxygens (including phenoxy) is 1. The van der Waals surface area contributed by atoms with Crippen LogP contribution in [0.2, 0.25) is 0 Å². The number of benzene rings is 2. The maximum atomic E-state index is 12.4. The summed E-state index contributed by atoms with van der Waals surface area (Å²) in [7, 11) is 1.55. The summed E-state index contributed by atoms with van der Waals surface area (Å²) < 4.78 is 11.4. The molecular weight excluding hydrogens is 354 g/mol. The first-order chi connectivity index (χ1) is 12.9. The number of aromatic nitrogens is 1. The summed E-state index contributed by atoms with van der Waals surface area (Å²) in [6.07, 6.45) is 0. The monoisotopic (exact) mass is 371 g/mol. The molecule has 3 aromatic rings. The van der Waals surface area contributed by atoms with Crippen LogP contribution >= 0.6 is 0 Å². The van der Waals surface area contributed by atoms with Gasteiger partial charge in [0.1, 0.15) is 12.3 Å². The Morgan fingerprint density at radius 1 is 1.33 bits per heavy atom. The zero-order valence-electron chi connectivity index (χ0n) is 14.7. The number of carbonyl (C=O) groups is 1. The first kappa shape index (κ1) is 18.2. The van der Waals surface area contributed by atoms with Gasteiger partial charge in [0.15, 0.2) is 5.58 Å². The summed E-state index contributed by atoms with van der Waals surface area (Å²) >= 11 is 0. The highest BCUT2D eigenvalue weighted by molar-refractivity contribution is 5.81. The predicted molar refractivity (Wildman–Crippen MR) is 96.7 cm³/mol. The van der Waals surface area contributed by atoms with E-state index < -0.39 is 16.6 Å². The molecular formula is C18H17N3O6. The van der Waals surface area contributed by atoms with Crippen molar-refractivity contribution in [2.24, 2.45) is 0 Å². The summed E-state index contributed by atoms with van der Waals surface area (Å²) in [5.41, 5.74) is 0.969. The van der Waals surface area contributed by atoms with Gasteiger partial charge < -0.3 is 14.5 Å². The Labute approximate surface area is 153 Å². The summed E-state index contributed by atoms with van der Waals surface area (Å²) in [4.78, 5) is 34.7. The van der Waals surface area contributed by atoms with Crippen molar-refractivity contribution in [3.8, 4) is 5.75 Å². The van der Waals surface area contributed by atoms with Gasteiger partial charge in [-0.3, -0.25) is 19.5 Å². The SMILES string of the molecule is COc1ccccc1C(C)NC(=O)Cn1c(=O)oc2cc([N+](=O)[O-])ccc21. The molecule has 0 radical (unpaired) electrons. The van der Waals surface area contributed by atoms with E-state index in [0.717, 1.165) is 16.2 Å². The van der Waals surface area contributed by atoms with Gasteiger partial charge in [-0.2, -0.15) is 0 Å². The highest BCUT2D eigenvalue weighted by Gasteiger charge is 2.18.